The second kappa shape index (κ2) is 47.0. The molecular formula is C53H108NO7P. The van der Waals surface area contributed by atoms with Crippen LogP contribution in [0, 0.1) is 0 Å². The van der Waals surface area contributed by atoms with Gasteiger partial charge in [0.2, 0.25) is 0 Å². The Hall–Kier alpha value is -0.500. The lowest BCUT2D eigenvalue weighted by Gasteiger charge is -2.28. The molecule has 2 atom stereocenters. The van der Waals surface area contributed by atoms with E-state index in [9.17, 15) is 14.3 Å². The lowest BCUT2D eigenvalue weighted by molar-refractivity contribution is -0.870. The fraction of sp³-hybridized carbons (Fsp3) is 0.981. The fourth-order valence-corrected chi connectivity index (χ4v) is 8.93. The SMILES string of the molecule is CCCCCCCCCCCCCCCCCCCCCCCC(=O)OC(COCCCCCCCCCCCCCCCCCCCCC)COP(=O)([O-])OCC[N+](C)(C)C. The highest BCUT2D eigenvalue weighted by Gasteiger charge is 2.20. The van der Waals surface area contributed by atoms with Crippen LogP contribution in [0.1, 0.15) is 277 Å². The van der Waals surface area contributed by atoms with Gasteiger partial charge in [0.05, 0.1) is 34.4 Å². The van der Waals surface area contributed by atoms with E-state index in [0.29, 0.717) is 24.1 Å². The van der Waals surface area contributed by atoms with E-state index in [4.69, 9.17) is 18.5 Å². The van der Waals surface area contributed by atoms with E-state index in [-0.39, 0.29) is 25.8 Å². The topological polar surface area (TPSA) is 94.1 Å². The Balaban J connectivity index is 4.05. The third-order valence-corrected chi connectivity index (χ3v) is 13.4. The molecule has 0 aliphatic rings. The molecule has 372 valence electrons. The number of unbranched alkanes of at least 4 members (excludes halogenated alkanes) is 38. The van der Waals surface area contributed by atoms with Crippen molar-refractivity contribution >= 4 is 13.8 Å². The summed E-state index contributed by atoms with van der Waals surface area (Å²) in [5, 5.41) is 0. The van der Waals surface area contributed by atoms with E-state index in [1.807, 2.05) is 21.1 Å². The summed E-state index contributed by atoms with van der Waals surface area (Å²) in [5.41, 5.74) is 0. The minimum absolute atomic E-state index is 0.0319. The van der Waals surface area contributed by atoms with Crippen molar-refractivity contribution in [3.63, 3.8) is 0 Å². The number of phosphoric acid groups is 1. The number of hydrogen-bond acceptors (Lipinski definition) is 7. The van der Waals surface area contributed by atoms with Crippen LogP contribution in [0.5, 0.6) is 0 Å². The van der Waals surface area contributed by atoms with E-state index in [0.717, 1.165) is 32.1 Å². The number of carbonyl (C=O) groups is 1. The number of ether oxygens (including phenoxy) is 2. The Morgan fingerprint density at radius 2 is 0.742 bits per heavy atom. The molecule has 62 heavy (non-hydrogen) atoms. The molecule has 2 unspecified atom stereocenters. The minimum Gasteiger partial charge on any atom is -0.756 e. The number of carbonyl (C=O) groups excluding carboxylic acids is 1. The van der Waals surface area contributed by atoms with Crippen LogP contribution in [-0.2, 0) is 27.9 Å². The van der Waals surface area contributed by atoms with Crippen LogP contribution >= 0.6 is 7.82 Å². The van der Waals surface area contributed by atoms with Gasteiger partial charge in [-0.25, -0.2) is 0 Å². The Morgan fingerprint density at radius 1 is 0.435 bits per heavy atom. The number of hydrogen-bond donors (Lipinski definition) is 0. The molecule has 0 spiro atoms. The van der Waals surface area contributed by atoms with E-state index in [1.54, 1.807) is 0 Å². The summed E-state index contributed by atoms with van der Waals surface area (Å²) in [5.74, 6) is -0.324. The van der Waals surface area contributed by atoms with Crippen LogP contribution in [0.15, 0.2) is 0 Å². The van der Waals surface area contributed by atoms with Crippen LogP contribution < -0.4 is 4.89 Å². The highest BCUT2D eigenvalue weighted by atomic mass is 31.2. The van der Waals surface area contributed by atoms with Gasteiger partial charge in [-0.3, -0.25) is 9.36 Å². The summed E-state index contributed by atoms with van der Waals surface area (Å²) >= 11 is 0. The second-order valence-electron chi connectivity index (χ2n) is 20.0. The largest absolute Gasteiger partial charge is 0.756 e. The van der Waals surface area contributed by atoms with Crippen molar-refractivity contribution in [2.24, 2.45) is 0 Å². The van der Waals surface area contributed by atoms with Gasteiger partial charge in [-0.05, 0) is 12.8 Å². The standard InChI is InChI=1S/C53H108NO7P/c1-6-8-10-12-14-16-18-20-22-24-26-27-28-30-32-34-36-38-40-42-44-46-53(55)61-52(51-60-62(56,57)59-49-47-54(3,4)5)50-58-48-45-43-41-39-37-35-33-31-29-25-23-21-19-17-15-13-11-9-7-2/h52H,6-51H2,1-5H3. The number of rotatable bonds is 52. The molecule has 0 amide bonds. The number of esters is 1. The summed E-state index contributed by atoms with van der Waals surface area (Å²) in [6, 6.07) is 0. The van der Waals surface area contributed by atoms with Crippen molar-refractivity contribution in [1.29, 1.82) is 0 Å². The van der Waals surface area contributed by atoms with Crippen molar-refractivity contribution in [3.8, 4) is 0 Å². The molecule has 0 aromatic carbocycles. The molecule has 0 aromatic heterocycles. The molecule has 0 fully saturated rings. The van der Waals surface area contributed by atoms with Crippen LogP contribution in [0.4, 0.5) is 0 Å². The van der Waals surface area contributed by atoms with E-state index < -0.39 is 13.9 Å². The summed E-state index contributed by atoms with van der Waals surface area (Å²) in [6.07, 6.45) is 52.7. The quantitative estimate of drug-likeness (QED) is 0.0260. The van der Waals surface area contributed by atoms with Gasteiger partial charge in [0.25, 0.3) is 7.82 Å². The lowest BCUT2D eigenvalue weighted by atomic mass is 10.0. The molecule has 0 saturated heterocycles. The first-order valence-corrected chi connectivity index (χ1v) is 28.7. The molecule has 0 aliphatic heterocycles. The molecule has 0 heterocycles. The molecule has 0 saturated carbocycles. The van der Waals surface area contributed by atoms with E-state index >= 15 is 0 Å². The van der Waals surface area contributed by atoms with Crippen LogP contribution in [0.3, 0.4) is 0 Å². The van der Waals surface area contributed by atoms with E-state index in [1.165, 1.54) is 225 Å². The Bertz CT molecular complexity index is 961. The van der Waals surface area contributed by atoms with Crippen LogP contribution in [0.2, 0.25) is 0 Å². The first kappa shape index (κ1) is 61.5. The molecule has 0 bridgehead atoms. The Kier molecular flexibility index (Phi) is 46.6. The lowest BCUT2D eigenvalue weighted by Crippen LogP contribution is -2.37. The number of phosphoric ester groups is 1. The smallest absolute Gasteiger partial charge is 0.306 e. The fourth-order valence-electron chi connectivity index (χ4n) is 8.20. The van der Waals surface area contributed by atoms with Gasteiger partial charge >= 0.3 is 5.97 Å². The maximum Gasteiger partial charge on any atom is 0.306 e. The average Bonchev–Trinajstić information content (AvgIpc) is 3.23. The molecule has 0 aromatic rings. The third kappa shape index (κ3) is 50.5. The monoisotopic (exact) mass is 902 g/mol. The second-order valence-corrected chi connectivity index (χ2v) is 21.4. The molecule has 0 aliphatic carbocycles. The highest BCUT2D eigenvalue weighted by Crippen LogP contribution is 2.38. The van der Waals surface area contributed by atoms with Gasteiger partial charge in [-0.1, -0.05) is 258 Å². The van der Waals surface area contributed by atoms with Crippen molar-refractivity contribution < 1.29 is 37.3 Å². The van der Waals surface area contributed by atoms with Gasteiger partial charge in [-0.15, -0.1) is 0 Å². The normalized spacial score (nSPS) is 13.5. The third-order valence-electron chi connectivity index (χ3n) is 12.4. The van der Waals surface area contributed by atoms with Gasteiger partial charge < -0.3 is 27.9 Å². The van der Waals surface area contributed by atoms with Crippen LogP contribution in [-0.4, -0.2) is 70.7 Å². The molecular weight excluding hydrogens is 794 g/mol. The van der Waals surface area contributed by atoms with Gasteiger partial charge in [0, 0.05) is 13.0 Å². The maximum atomic E-state index is 12.8. The number of likely N-dealkylation sites (N-methyl/N-ethyl adjacent to an activating group) is 1. The van der Waals surface area contributed by atoms with E-state index in [2.05, 4.69) is 13.8 Å². The zero-order valence-corrected chi connectivity index (χ0v) is 43.3. The highest BCUT2D eigenvalue weighted by molar-refractivity contribution is 7.45. The Morgan fingerprint density at radius 3 is 1.06 bits per heavy atom. The maximum absolute atomic E-state index is 12.8. The summed E-state index contributed by atoms with van der Waals surface area (Å²) in [4.78, 5) is 25.2. The van der Waals surface area contributed by atoms with Gasteiger partial charge in [0.1, 0.15) is 19.3 Å². The average molecular weight is 902 g/mol. The predicted molar refractivity (Wildman–Crippen MR) is 264 cm³/mol. The molecule has 9 heteroatoms. The number of quaternary nitrogens is 1. The van der Waals surface area contributed by atoms with Crippen LogP contribution in [0.25, 0.3) is 0 Å². The predicted octanol–water partition coefficient (Wildman–Crippen LogP) is 16.2. The number of nitrogens with zero attached hydrogens (tertiary/aromatic N) is 1. The molecule has 8 nitrogen and oxygen atoms in total. The first-order chi connectivity index (χ1) is 30.1. The van der Waals surface area contributed by atoms with Crippen molar-refractivity contribution in [3.05, 3.63) is 0 Å². The summed E-state index contributed by atoms with van der Waals surface area (Å²) < 4.78 is 34.8. The summed E-state index contributed by atoms with van der Waals surface area (Å²) in [7, 11) is 1.38. The molecule has 0 radical (unpaired) electrons. The summed E-state index contributed by atoms with van der Waals surface area (Å²) in [6.45, 7) is 5.50. The van der Waals surface area contributed by atoms with Crippen molar-refractivity contribution in [1.82, 2.24) is 0 Å². The Labute approximate surface area is 387 Å². The van der Waals surface area contributed by atoms with Gasteiger partial charge in [0.15, 0.2) is 0 Å². The van der Waals surface area contributed by atoms with Gasteiger partial charge in [-0.2, -0.15) is 0 Å². The zero-order chi connectivity index (χ0) is 45.5. The van der Waals surface area contributed by atoms with Crippen molar-refractivity contribution in [2.45, 2.75) is 283 Å². The minimum atomic E-state index is -4.52. The zero-order valence-electron chi connectivity index (χ0n) is 42.4. The van der Waals surface area contributed by atoms with Crippen molar-refractivity contribution in [2.75, 3.05) is 54.1 Å². The molecule has 0 N–H and O–H groups in total. The first-order valence-electron chi connectivity index (χ1n) is 27.3. The molecule has 0 rings (SSSR count).